The number of aromatic nitrogens is 3. The Bertz CT molecular complexity index is 972. The molecule has 142 valence electrons. The van der Waals surface area contributed by atoms with Gasteiger partial charge in [0.25, 0.3) is 0 Å². The maximum atomic E-state index is 15.2. The molecule has 27 heavy (non-hydrogen) atoms. The number of aromatic hydroxyl groups is 1. The second kappa shape index (κ2) is 6.77. The first-order valence-corrected chi connectivity index (χ1v) is 9.42. The zero-order chi connectivity index (χ0) is 19.2. The number of phenols is 1. The van der Waals surface area contributed by atoms with Crippen LogP contribution in [0.2, 0.25) is 5.02 Å². The van der Waals surface area contributed by atoms with Gasteiger partial charge in [0.05, 0.1) is 12.2 Å². The van der Waals surface area contributed by atoms with E-state index in [1.165, 1.54) is 6.07 Å². The Morgan fingerprint density at radius 2 is 1.96 bits per heavy atom. The van der Waals surface area contributed by atoms with E-state index in [1.54, 1.807) is 6.07 Å². The molecule has 1 fully saturated rings. The van der Waals surface area contributed by atoms with E-state index in [2.05, 4.69) is 15.1 Å². The van der Waals surface area contributed by atoms with Crippen LogP contribution in [-0.4, -0.2) is 50.6 Å². The van der Waals surface area contributed by atoms with E-state index >= 15 is 4.39 Å². The molecule has 2 aromatic heterocycles. The Hall–Kier alpha value is -2.18. The lowest BCUT2D eigenvalue weighted by Gasteiger charge is -2.34. The maximum Gasteiger partial charge on any atom is 0.162 e. The fourth-order valence-corrected chi connectivity index (χ4v) is 4.04. The minimum Gasteiger partial charge on any atom is -0.507 e. The predicted octanol–water partition coefficient (Wildman–Crippen LogP) is 4.20. The van der Waals surface area contributed by atoms with Crippen LogP contribution >= 0.6 is 11.6 Å². The van der Waals surface area contributed by atoms with Crippen molar-refractivity contribution in [2.75, 3.05) is 20.1 Å². The van der Waals surface area contributed by atoms with E-state index in [1.807, 2.05) is 36.9 Å². The number of hydrogen-bond donors (Lipinski definition) is 1. The van der Waals surface area contributed by atoms with Gasteiger partial charge >= 0.3 is 0 Å². The molecule has 1 aromatic carbocycles. The van der Waals surface area contributed by atoms with Crippen molar-refractivity contribution in [2.24, 2.45) is 0 Å². The standard InChI is InChI=1S/C20H22ClFN4O/c1-13-9-15(21)11-17(27)18(13)16-10-14-3-6-26(19(14)24-23-16)12-20(22)4-7-25(2)8-5-20/h3,6,9-11,27H,4-5,7-8,12H2,1-2H3. The van der Waals surface area contributed by atoms with Crippen LogP contribution < -0.4 is 0 Å². The van der Waals surface area contributed by atoms with Gasteiger partial charge in [0.2, 0.25) is 0 Å². The number of benzene rings is 1. The number of piperidine rings is 1. The number of rotatable bonds is 3. The third-order valence-electron chi connectivity index (χ3n) is 5.38. The normalized spacial score (nSPS) is 17.5. The fourth-order valence-electron chi connectivity index (χ4n) is 3.78. The summed E-state index contributed by atoms with van der Waals surface area (Å²) in [6.07, 6.45) is 2.90. The highest BCUT2D eigenvalue weighted by molar-refractivity contribution is 6.31. The summed E-state index contributed by atoms with van der Waals surface area (Å²) < 4.78 is 17.0. The maximum absolute atomic E-state index is 15.2. The summed E-state index contributed by atoms with van der Waals surface area (Å²) in [5, 5.41) is 20.2. The molecule has 1 N–H and O–H groups in total. The van der Waals surface area contributed by atoms with E-state index < -0.39 is 5.67 Å². The van der Waals surface area contributed by atoms with Gasteiger partial charge in [-0.3, -0.25) is 0 Å². The van der Waals surface area contributed by atoms with E-state index in [0.717, 1.165) is 24.0 Å². The Morgan fingerprint density at radius 3 is 2.67 bits per heavy atom. The number of aryl methyl sites for hydroxylation is 1. The Balaban J connectivity index is 1.66. The van der Waals surface area contributed by atoms with Gasteiger partial charge in [0.15, 0.2) is 5.65 Å². The quantitative estimate of drug-likeness (QED) is 0.730. The van der Waals surface area contributed by atoms with Gasteiger partial charge in [-0.15, -0.1) is 10.2 Å². The third kappa shape index (κ3) is 3.51. The first-order valence-electron chi connectivity index (χ1n) is 9.04. The van der Waals surface area contributed by atoms with Gasteiger partial charge in [0.1, 0.15) is 11.4 Å². The molecule has 3 aromatic rings. The molecule has 0 radical (unpaired) electrons. The molecule has 0 aliphatic carbocycles. The highest BCUT2D eigenvalue weighted by Gasteiger charge is 2.34. The fraction of sp³-hybridized carbons (Fsp3) is 0.400. The molecule has 0 atom stereocenters. The summed E-state index contributed by atoms with van der Waals surface area (Å²) in [6, 6.07) is 7.05. The predicted molar refractivity (Wildman–Crippen MR) is 105 cm³/mol. The lowest BCUT2D eigenvalue weighted by Crippen LogP contribution is -2.42. The topological polar surface area (TPSA) is 54.2 Å². The van der Waals surface area contributed by atoms with Crippen LogP contribution in [-0.2, 0) is 6.54 Å². The average molecular weight is 389 g/mol. The Kier molecular flexibility index (Phi) is 4.56. The van der Waals surface area contributed by atoms with Gasteiger partial charge in [-0.2, -0.15) is 0 Å². The van der Waals surface area contributed by atoms with Crippen LogP contribution in [0.3, 0.4) is 0 Å². The van der Waals surface area contributed by atoms with E-state index in [0.29, 0.717) is 34.8 Å². The lowest BCUT2D eigenvalue weighted by atomic mass is 9.93. The number of alkyl halides is 1. The summed E-state index contributed by atoms with van der Waals surface area (Å²) in [6.45, 7) is 3.68. The SMILES string of the molecule is Cc1cc(Cl)cc(O)c1-c1cc2ccn(CC3(F)CCN(C)CC3)c2nn1. The first-order chi connectivity index (χ1) is 12.8. The molecule has 7 heteroatoms. The van der Waals surface area contributed by atoms with Crippen molar-refractivity contribution in [1.82, 2.24) is 19.7 Å². The Labute approximate surface area is 162 Å². The molecule has 0 saturated carbocycles. The van der Waals surface area contributed by atoms with Crippen molar-refractivity contribution < 1.29 is 9.50 Å². The molecule has 0 amide bonds. The van der Waals surface area contributed by atoms with Crippen LogP contribution in [0.25, 0.3) is 22.3 Å². The highest BCUT2D eigenvalue weighted by atomic mass is 35.5. The third-order valence-corrected chi connectivity index (χ3v) is 5.60. The molecule has 0 bridgehead atoms. The summed E-state index contributed by atoms with van der Waals surface area (Å²) in [5.74, 6) is 0.0714. The second-order valence-electron chi connectivity index (χ2n) is 7.52. The van der Waals surface area contributed by atoms with Gasteiger partial charge < -0.3 is 14.6 Å². The van der Waals surface area contributed by atoms with Crippen molar-refractivity contribution in [3.8, 4) is 17.0 Å². The number of fused-ring (bicyclic) bond motifs is 1. The molecule has 4 rings (SSSR count). The van der Waals surface area contributed by atoms with Crippen LogP contribution in [0.4, 0.5) is 4.39 Å². The van der Waals surface area contributed by atoms with Gasteiger partial charge in [-0.1, -0.05) is 11.6 Å². The monoisotopic (exact) mass is 388 g/mol. The molecule has 1 saturated heterocycles. The van der Waals surface area contributed by atoms with E-state index in [-0.39, 0.29) is 12.3 Å². The van der Waals surface area contributed by atoms with Crippen LogP contribution in [0, 0.1) is 6.92 Å². The molecule has 5 nitrogen and oxygen atoms in total. The van der Waals surface area contributed by atoms with Crippen molar-refractivity contribution in [3.05, 3.63) is 41.0 Å². The van der Waals surface area contributed by atoms with Crippen LogP contribution in [0.1, 0.15) is 18.4 Å². The minimum atomic E-state index is -1.22. The molecule has 0 spiro atoms. The second-order valence-corrected chi connectivity index (χ2v) is 7.96. The molecule has 3 heterocycles. The summed E-state index contributed by atoms with van der Waals surface area (Å²) in [7, 11) is 2.02. The number of phenolic OH excluding ortho intramolecular Hbond substituents is 1. The van der Waals surface area contributed by atoms with Crippen molar-refractivity contribution in [2.45, 2.75) is 32.0 Å². The summed E-state index contributed by atoms with van der Waals surface area (Å²) in [4.78, 5) is 2.15. The van der Waals surface area contributed by atoms with E-state index in [4.69, 9.17) is 11.6 Å². The van der Waals surface area contributed by atoms with Crippen LogP contribution in [0.5, 0.6) is 5.75 Å². The summed E-state index contributed by atoms with van der Waals surface area (Å²) >= 11 is 5.98. The van der Waals surface area contributed by atoms with Crippen molar-refractivity contribution in [1.29, 1.82) is 0 Å². The molecule has 1 aliphatic heterocycles. The highest BCUT2D eigenvalue weighted by Crippen LogP contribution is 2.35. The molecule has 0 unspecified atom stereocenters. The smallest absolute Gasteiger partial charge is 0.162 e. The average Bonchev–Trinajstić information content (AvgIpc) is 2.99. The minimum absolute atomic E-state index is 0.0714. The largest absolute Gasteiger partial charge is 0.507 e. The lowest BCUT2D eigenvalue weighted by molar-refractivity contribution is 0.0541. The number of likely N-dealkylation sites (tertiary alicyclic amines) is 1. The Morgan fingerprint density at radius 1 is 1.22 bits per heavy atom. The van der Waals surface area contributed by atoms with Gasteiger partial charge in [-0.25, -0.2) is 4.39 Å². The number of halogens is 2. The number of hydrogen-bond acceptors (Lipinski definition) is 4. The molecular weight excluding hydrogens is 367 g/mol. The first kappa shape index (κ1) is 18.2. The van der Waals surface area contributed by atoms with Gasteiger partial charge in [-0.05, 0) is 56.6 Å². The zero-order valence-corrected chi connectivity index (χ0v) is 16.2. The zero-order valence-electron chi connectivity index (χ0n) is 15.4. The summed E-state index contributed by atoms with van der Waals surface area (Å²) in [5.41, 5.74) is 1.44. The van der Waals surface area contributed by atoms with Gasteiger partial charge in [0, 0.05) is 35.3 Å². The van der Waals surface area contributed by atoms with Crippen molar-refractivity contribution >= 4 is 22.6 Å². The van der Waals surface area contributed by atoms with E-state index in [9.17, 15) is 5.11 Å². The van der Waals surface area contributed by atoms with Crippen molar-refractivity contribution in [3.63, 3.8) is 0 Å². The van der Waals surface area contributed by atoms with Crippen LogP contribution in [0.15, 0.2) is 30.5 Å². The molecule has 1 aliphatic rings. The molecular formula is C20H22ClFN4O. The number of nitrogens with zero attached hydrogens (tertiary/aromatic N) is 4.